The largest absolute Gasteiger partial charge is 0.325 e. The molecule has 35 heavy (non-hydrogen) atoms. The third-order valence-corrected chi connectivity index (χ3v) is 6.85. The second kappa shape index (κ2) is 11.5. The number of benzene rings is 4. The zero-order valence-electron chi connectivity index (χ0n) is 18.8. The van der Waals surface area contributed by atoms with Gasteiger partial charge in [0.25, 0.3) is 5.91 Å². The summed E-state index contributed by atoms with van der Waals surface area (Å²) in [5, 5.41) is 6.20. The number of carbonyl (C=O) groups excluding carboxylic acids is 2. The third-order valence-electron chi connectivity index (χ3n) is 5.15. The maximum atomic E-state index is 13.3. The van der Waals surface area contributed by atoms with Crippen molar-refractivity contribution in [3.8, 4) is 0 Å². The predicted octanol–water partition coefficient (Wildman–Crippen LogP) is 8.03. The van der Waals surface area contributed by atoms with Crippen molar-refractivity contribution in [3.05, 3.63) is 124 Å². The quantitative estimate of drug-likeness (QED) is 0.242. The molecule has 1 atom stereocenters. The third kappa shape index (κ3) is 6.89. The van der Waals surface area contributed by atoms with Gasteiger partial charge in [0.15, 0.2) is 0 Å². The smallest absolute Gasteiger partial charge is 0.255 e. The summed E-state index contributed by atoms with van der Waals surface area (Å²) in [6, 6.07) is 29.3. The molecule has 0 fully saturated rings. The van der Waals surface area contributed by atoms with Crippen molar-refractivity contribution in [2.75, 3.05) is 10.6 Å². The number of halogens is 2. The molecular weight excluding hydrogens is 499 g/mol. The van der Waals surface area contributed by atoms with E-state index < -0.39 is 5.25 Å². The van der Waals surface area contributed by atoms with Crippen molar-refractivity contribution < 1.29 is 9.59 Å². The first-order chi connectivity index (χ1) is 16.9. The number of anilines is 2. The summed E-state index contributed by atoms with van der Waals surface area (Å²) in [5.41, 5.74) is 3.76. The monoisotopic (exact) mass is 520 g/mol. The molecule has 7 heteroatoms. The number of aryl methyl sites for hydroxylation is 1. The predicted molar refractivity (Wildman–Crippen MR) is 146 cm³/mol. The van der Waals surface area contributed by atoms with E-state index in [0.29, 0.717) is 27.0 Å². The van der Waals surface area contributed by atoms with Gasteiger partial charge in [0.2, 0.25) is 5.91 Å². The number of carbonyl (C=O) groups is 2. The fraction of sp³-hybridized carbons (Fsp3) is 0.0714. The van der Waals surface area contributed by atoms with E-state index in [-0.39, 0.29) is 11.8 Å². The van der Waals surface area contributed by atoms with Crippen molar-refractivity contribution in [2.24, 2.45) is 0 Å². The van der Waals surface area contributed by atoms with Crippen LogP contribution in [-0.4, -0.2) is 11.8 Å². The topological polar surface area (TPSA) is 58.2 Å². The van der Waals surface area contributed by atoms with Gasteiger partial charge in [-0.2, -0.15) is 0 Å². The lowest BCUT2D eigenvalue weighted by Crippen LogP contribution is -2.19. The van der Waals surface area contributed by atoms with E-state index in [1.807, 2.05) is 73.7 Å². The van der Waals surface area contributed by atoms with Crippen LogP contribution in [0.2, 0.25) is 10.0 Å². The number of rotatable bonds is 7. The minimum atomic E-state index is -0.512. The van der Waals surface area contributed by atoms with Crippen molar-refractivity contribution in [3.63, 3.8) is 0 Å². The Bertz CT molecular complexity index is 1310. The lowest BCUT2D eigenvalue weighted by molar-refractivity contribution is -0.115. The van der Waals surface area contributed by atoms with E-state index in [1.54, 1.807) is 30.3 Å². The molecule has 4 rings (SSSR count). The van der Waals surface area contributed by atoms with Gasteiger partial charge in [-0.05, 0) is 67.1 Å². The van der Waals surface area contributed by atoms with Crippen molar-refractivity contribution >= 4 is 58.2 Å². The first-order valence-electron chi connectivity index (χ1n) is 10.8. The molecule has 2 amide bonds. The number of hydrogen-bond donors (Lipinski definition) is 2. The fourth-order valence-corrected chi connectivity index (χ4v) is 4.95. The van der Waals surface area contributed by atoms with Crippen LogP contribution in [0, 0.1) is 6.92 Å². The van der Waals surface area contributed by atoms with Crippen LogP contribution in [0.5, 0.6) is 0 Å². The minimum Gasteiger partial charge on any atom is -0.325 e. The fourth-order valence-electron chi connectivity index (χ4n) is 3.40. The van der Waals surface area contributed by atoms with E-state index >= 15 is 0 Å². The molecule has 0 spiro atoms. The maximum Gasteiger partial charge on any atom is 0.255 e. The van der Waals surface area contributed by atoms with Gasteiger partial charge in [-0.15, -0.1) is 11.8 Å². The zero-order valence-corrected chi connectivity index (χ0v) is 21.1. The maximum absolute atomic E-state index is 13.3. The van der Waals surface area contributed by atoms with Crippen LogP contribution in [0.25, 0.3) is 0 Å². The van der Waals surface area contributed by atoms with Gasteiger partial charge in [0.1, 0.15) is 5.25 Å². The Kier molecular flexibility index (Phi) is 8.13. The van der Waals surface area contributed by atoms with Crippen LogP contribution >= 0.6 is 35.0 Å². The highest BCUT2D eigenvalue weighted by Crippen LogP contribution is 2.37. The normalized spacial score (nSPS) is 11.5. The van der Waals surface area contributed by atoms with E-state index in [0.717, 1.165) is 16.0 Å². The SMILES string of the molecule is Cc1ccc(C(=O)Nc2ccc(SC(C(=O)Nc3cc(Cl)cc(Cl)c3)c3ccccc3)cc2)cc1. The first kappa shape index (κ1) is 24.9. The van der Waals surface area contributed by atoms with Crippen LogP contribution in [0.4, 0.5) is 11.4 Å². The molecule has 4 aromatic carbocycles. The molecule has 0 saturated carbocycles. The Morgan fingerprint density at radius 2 is 1.37 bits per heavy atom. The van der Waals surface area contributed by atoms with Gasteiger partial charge in [-0.3, -0.25) is 9.59 Å². The van der Waals surface area contributed by atoms with E-state index in [2.05, 4.69) is 10.6 Å². The summed E-state index contributed by atoms with van der Waals surface area (Å²) in [4.78, 5) is 26.6. The van der Waals surface area contributed by atoms with Crippen LogP contribution in [0.1, 0.15) is 26.7 Å². The summed E-state index contributed by atoms with van der Waals surface area (Å²) in [7, 11) is 0. The van der Waals surface area contributed by atoms with E-state index in [9.17, 15) is 9.59 Å². The highest BCUT2D eigenvalue weighted by Gasteiger charge is 2.22. The molecule has 0 saturated heterocycles. The van der Waals surface area contributed by atoms with E-state index in [1.165, 1.54) is 11.8 Å². The minimum absolute atomic E-state index is 0.174. The average molecular weight is 521 g/mol. The zero-order chi connectivity index (χ0) is 24.8. The van der Waals surface area contributed by atoms with Crippen LogP contribution in [0.3, 0.4) is 0 Å². The standard InChI is InChI=1S/C28H22Cl2N2O2S/c1-18-7-9-20(10-8-18)27(33)31-23-11-13-25(14-12-23)35-26(19-5-3-2-4-6-19)28(34)32-24-16-21(29)15-22(30)17-24/h2-17,26H,1H3,(H,31,33)(H,32,34). The Labute approximate surface area is 218 Å². The number of thioether (sulfide) groups is 1. The van der Waals surface area contributed by atoms with E-state index in [4.69, 9.17) is 23.2 Å². The average Bonchev–Trinajstić information content (AvgIpc) is 2.83. The van der Waals surface area contributed by atoms with Gasteiger partial charge in [-0.1, -0.05) is 71.2 Å². The second-order valence-corrected chi connectivity index (χ2v) is 9.95. The van der Waals surface area contributed by atoms with Crippen LogP contribution in [-0.2, 0) is 4.79 Å². The van der Waals surface area contributed by atoms with Gasteiger partial charge in [-0.25, -0.2) is 0 Å². The molecule has 1 unspecified atom stereocenters. The molecule has 0 aliphatic heterocycles. The van der Waals surface area contributed by atoms with Gasteiger partial charge >= 0.3 is 0 Å². The Morgan fingerprint density at radius 1 is 0.743 bits per heavy atom. The van der Waals surface area contributed by atoms with Crippen molar-refractivity contribution in [1.82, 2.24) is 0 Å². The van der Waals surface area contributed by atoms with Crippen molar-refractivity contribution in [1.29, 1.82) is 0 Å². The molecule has 4 nitrogen and oxygen atoms in total. The Hall–Kier alpha value is -3.25. The lowest BCUT2D eigenvalue weighted by atomic mass is 10.1. The molecule has 0 aliphatic rings. The summed E-state index contributed by atoms with van der Waals surface area (Å²) in [5.74, 6) is -0.372. The highest BCUT2D eigenvalue weighted by atomic mass is 35.5. The molecule has 0 aliphatic carbocycles. The lowest BCUT2D eigenvalue weighted by Gasteiger charge is -2.18. The number of hydrogen-bond acceptors (Lipinski definition) is 3. The summed E-state index contributed by atoms with van der Waals surface area (Å²) in [6.45, 7) is 1.98. The number of nitrogens with one attached hydrogen (secondary N) is 2. The number of amides is 2. The Balaban J connectivity index is 1.49. The summed E-state index contributed by atoms with van der Waals surface area (Å²) in [6.07, 6.45) is 0. The molecule has 0 radical (unpaired) electrons. The molecule has 4 aromatic rings. The molecule has 176 valence electrons. The molecule has 0 bridgehead atoms. The molecule has 0 heterocycles. The molecule has 2 N–H and O–H groups in total. The summed E-state index contributed by atoms with van der Waals surface area (Å²) >= 11 is 13.6. The second-order valence-electron chi connectivity index (χ2n) is 7.90. The van der Waals surface area contributed by atoms with Gasteiger partial charge in [0.05, 0.1) is 0 Å². The highest BCUT2D eigenvalue weighted by molar-refractivity contribution is 8.00. The van der Waals surface area contributed by atoms with Crippen LogP contribution in [0.15, 0.2) is 102 Å². The first-order valence-corrected chi connectivity index (χ1v) is 12.5. The van der Waals surface area contributed by atoms with Gasteiger partial charge in [0, 0.05) is 31.9 Å². The van der Waals surface area contributed by atoms with Gasteiger partial charge < -0.3 is 10.6 Å². The summed E-state index contributed by atoms with van der Waals surface area (Å²) < 4.78 is 0. The molecular formula is C28H22Cl2N2O2S. The van der Waals surface area contributed by atoms with Crippen LogP contribution < -0.4 is 10.6 Å². The Morgan fingerprint density at radius 3 is 2.00 bits per heavy atom. The van der Waals surface area contributed by atoms with Crippen molar-refractivity contribution in [2.45, 2.75) is 17.1 Å². The molecule has 0 aromatic heterocycles.